The second-order valence-electron chi connectivity index (χ2n) is 6.46. The Kier molecular flexibility index (Phi) is 6.82. The van der Waals surface area contributed by atoms with E-state index in [4.69, 9.17) is 11.6 Å². The maximum absolute atomic E-state index is 5.79. The summed E-state index contributed by atoms with van der Waals surface area (Å²) in [6.45, 7) is 13.7. The molecule has 1 rings (SSSR count). The molecule has 0 unspecified atom stereocenters. The van der Waals surface area contributed by atoms with Crippen LogP contribution >= 0.6 is 11.6 Å². The van der Waals surface area contributed by atoms with Crippen molar-refractivity contribution in [3.05, 3.63) is 40.5 Å². The van der Waals surface area contributed by atoms with E-state index in [1.54, 1.807) is 0 Å². The van der Waals surface area contributed by atoms with Crippen molar-refractivity contribution in [2.45, 2.75) is 65.7 Å². The van der Waals surface area contributed by atoms with Gasteiger partial charge in [-0.2, -0.15) is 0 Å². The number of hydrogen-bond donors (Lipinski definition) is 0. The van der Waals surface area contributed by atoms with Gasteiger partial charge >= 0.3 is 0 Å². The van der Waals surface area contributed by atoms with Crippen LogP contribution in [0.3, 0.4) is 0 Å². The highest BCUT2D eigenvalue weighted by Gasteiger charge is 2.15. The standard InChI is InChI=1S/C19H29Cl/c1-13(2)16-11-18(14(3)4)17(9-7-8-10-20)19(12-16)15(5)6/h7,9,11-15H,8,10H2,1-6H3. The Balaban J connectivity index is 3.43. The highest BCUT2D eigenvalue weighted by molar-refractivity contribution is 6.17. The van der Waals surface area contributed by atoms with E-state index in [1.165, 1.54) is 22.3 Å². The summed E-state index contributed by atoms with van der Waals surface area (Å²) in [5.74, 6) is 2.35. The minimum atomic E-state index is 0.543. The van der Waals surface area contributed by atoms with Crippen LogP contribution in [0.25, 0.3) is 6.08 Å². The quantitative estimate of drug-likeness (QED) is 0.512. The third-order valence-electron chi connectivity index (χ3n) is 3.74. The van der Waals surface area contributed by atoms with Crippen molar-refractivity contribution in [3.8, 4) is 0 Å². The van der Waals surface area contributed by atoms with Crippen molar-refractivity contribution in [3.63, 3.8) is 0 Å². The van der Waals surface area contributed by atoms with Gasteiger partial charge in [-0.1, -0.05) is 65.8 Å². The van der Waals surface area contributed by atoms with Gasteiger partial charge in [0.25, 0.3) is 0 Å². The Labute approximate surface area is 130 Å². The van der Waals surface area contributed by atoms with Crippen LogP contribution in [-0.2, 0) is 0 Å². The molecule has 1 heteroatoms. The lowest BCUT2D eigenvalue weighted by Gasteiger charge is -2.21. The van der Waals surface area contributed by atoms with E-state index < -0.39 is 0 Å². The molecule has 0 aliphatic rings. The van der Waals surface area contributed by atoms with E-state index in [0.29, 0.717) is 23.6 Å². The third kappa shape index (κ3) is 4.38. The van der Waals surface area contributed by atoms with Crippen LogP contribution < -0.4 is 0 Å². The van der Waals surface area contributed by atoms with Crippen molar-refractivity contribution in [1.82, 2.24) is 0 Å². The average molecular weight is 293 g/mol. The summed E-state index contributed by atoms with van der Waals surface area (Å²) in [6.07, 6.45) is 5.41. The molecule has 0 aliphatic carbocycles. The second-order valence-corrected chi connectivity index (χ2v) is 6.84. The first kappa shape index (κ1) is 17.3. The molecule has 0 saturated heterocycles. The third-order valence-corrected chi connectivity index (χ3v) is 3.96. The summed E-state index contributed by atoms with van der Waals surface area (Å²) in [4.78, 5) is 0. The molecule has 0 radical (unpaired) electrons. The Hall–Kier alpha value is -0.750. The molecule has 0 bridgehead atoms. The lowest BCUT2D eigenvalue weighted by Crippen LogP contribution is -2.03. The van der Waals surface area contributed by atoms with E-state index in [2.05, 4.69) is 65.8 Å². The lowest BCUT2D eigenvalue weighted by atomic mass is 9.84. The van der Waals surface area contributed by atoms with Crippen LogP contribution in [0, 0.1) is 0 Å². The lowest BCUT2D eigenvalue weighted by molar-refractivity contribution is 0.801. The van der Waals surface area contributed by atoms with Gasteiger partial charge in [-0.3, -0.25) is 0 Å². The smallest absolute Gasteiger partial charge is 0.0258 e. The molecule has 0 heterocycles. The zero-order valence-electron chi connectivity index (χ0n) is 13.8. The highest BCUT2D eigenvalue weighted by atomic mass is 35.5. The Bertz CT molecular complexity index is 424. The maximum atomic E-state index is 5.79. The molecule has 0 N–H and O–H groups in total. The first-order valence-electron chi connectivity index (χ1n) is 7.78. The van der Waals surface area contributed by atoms with E-state index in [0.717, 1.165) is 6.42 Å². The first-order valence-corrected chi connectivity index (χ1v) is 8.32. The Morgan fingerprint density at radius 3 is 1.75 bits per heavy atom. The molecule has 0 aliphatic heterocycles. The number of benzene rings is 1. The monoisotopic (exact) mass is 292 g/mol. The predicted molar refractivity (Wildman–Crippen MR) is 93.1 cm³/mol. The molecule has 0 spiro atoms. The fourth-order valence-corrected chi connectivity index (χ4v) is 2.59. The zero-order valence-corrected chi connectivity index (χ0v) is 14.6. The van der Waals surface area contributed by atoms with Crippen LogP contribution in [-0.4, -0.2) is 5.88 Å². The van der Waals surface area contributed by atoms with Crippen molar-refractivity contribution in [2.24, 2.45) is 0 Å². The number of alkyl halides is 1. The summed E-state index contributed by atoms with van der Waals surface area (Å²) >= 11 is 5.79. The summed E-state index contributed by atoms with van der Waals surface area (Å²) in [5, 5.41) is 0. The van der Waals surface area contributed by atoms with Crippen LogP contribution in [0.1, 0.15) is 88.0 Å². The Morgan fingerprint density at radius 1 is 0.900 bits per heavy atom. The maximum Gasteiger partial charge on any atom is 0.0258 e. The molecular formula is C19H29Cl. The average Bonchev–Trinajstić information content (AvgIpc) is 2.37. The van der Waals surface area contributed by atoms with Crippen molar-refractivity contribution < 1.29 is 0 Å². The van der Waals surface area contributed by atoms with Gasteiger partial charge in [0.1, 0.15) is 0 Å². The van der Waals surface area contributed by atoms with Crippen LogP contribution in [0.5, 0.6) is 0 Å². The highest BCUT2D eigenvalue weighted by Crippen LogP contribution is 2.33. The van der Waals surface area contributed by atoms with E-state index in [-0.39, 0.29) is 0 Å². The number of halogens is 1. The topological polar surface area (TPSA) is 0 Å². The van der Waals surface area contributed by atoms with E-state index >= 15 is 0 Å². The largest absolute Gasteiger partial charge is 0.126 e. The summed E-state index contributed by atoms with van der Waals surface area (Å²) in [6, 6.07) is 4.78. The van der Waals surface area contributed by atoms with Crippen molar-refractivity contribution in [2.75, 3.05) is 5.88 Å². The number of allylic oxidation sites excluding steroid dienone is 1. The SMILES string of the molecule is CC(C)c1cc(C(C)C)c(C=CCCCl)c(C(C)C)c1. The minimum Gasteiger partial charge on any atom is -0.126 e. The first-order chi connectivity index (χ1) is 9.38. The predicted octanol–water partition coefficient (Wildman–Crippen LogP) is 6.70. The molecule has 0 amide bonds. The molecule has 0 atom stereocenters. The van der Waals surface area contributed by atoms with Gasteiger partial charge < -0.3 is 0 Å². The fraction of sp³-hybridized carbons (Fsp3) is 0.579. The minimum absolute atomic E-state index is 0.543. The molecule has 1 aromatic carbocycles. The molecule has 1 aromatic rings. The van der Waals surface area contributed by atoms with Gasteiger partial charge in [0.2, 0.25) is 0 Å². The van der Waals surface area contributed by atoms with E-state index in [9.17, 15) is 0 Å². The van der Waals surface area contributed by atoms with Crippen LogP contribution in [0.2, 0.25) is 0 Å². The molecule has 0 aromatic heterocycles. The van der Waals surface area contributed by atoms with Gasteiger partial charge in [-0.25, -0.2) is 0 Å². The van der Waals surface area contributed by atoms with Crippen LogP contribution in [0.4, 0.5) is 0 Å². The van der Waals surface area contributed by atoms with Crippen LogP contribution in [0.15, 0.2) is 18.2 Å². The Morgan fingerprint density at radius 2 is 1.40 bits per heavy atom. The van der Waals surface area contributed by atoms with Gasteiger partial charge in [0.05, 0.1) is 0 Å². The summed E-state index contributed by atoms with van der Waals surface area (Å²) in [5.41, 5.74) is 5.79. The molecule has 0 fully saturated rings. The fourth-order valence-electron chi connectivity index (χ4n) is 2.47. The molecule has 0 saturated carbocycles. The van der Waals surface area contributed by atoms with Gasteiger partial charge in [-0.05, 0) is 46.4 Å². The molecular weight excluding hydrogens is 264 g/mol. The van der Waals surface area contributed by atoms with E-state index in [1.807, 2.05) is 0 Å². The second kappa shape index (κ2) is 7.88. The van der Waals surface area contributed by atoms with Crippen molar-refractivity contribution in [1.29, 1.82) is 0 Å². The van der Waals surface area contributed by atoms with Gasteiger partial charge in [-0.15, -0.1) is 11.6 Å². The number of rotatable bonds is 6. The summed E-state index contributed by atoms with van der Waals surface area (Å²) < 4.78 is 0. The van der Waals surface area contributed by atoms with Gasteiger partial charge in [0, 0.05) is 5.88 Å². The normalized spacial score (nSPS) is 12.3. The summed E-state index contributed by atoms with van der Waals surface area (Å²) in [7, 11) is 0. The zero-order chi connectivity index (χ0) is 15.3. The number of hydrogen-bond acceptors (Lipinski definition) is 0. The molecule has 112 valence electrons. The van der Waals surface area contributed by atoms with Gasteiger partial charge in [0.15, 0.2) is 0 Å². The molecule has 20 heavy (non-hydrogen) atoms. The van der Waals surface area contributed by atoms with Crippen molar-refractivity contribution >= 4 is 17.7 Å². The molecule has 0 nitrogen and oxygen atoms in total.